The van der Waals surface area contributed by atoms with E-state index in [2.05, 4.69) is 0 Å². The van der Waals surface area contributed by atoms with E-state index < -0.39 is 11.7 Å². The van der Waals surface area contributed by atoms with Crippen molar-refractivity contribution >= 4 is 0 Å². The van der Waals surface area contributed by atoms with Gasteiger partial charge in [0.1, 0.15) is 5.56 Å². The molecule has 11 heavy (non-hydrogen) atoms. The molecule has 1 nitrogen and oxygen atoms in total. The van der Waals surface area contributed by atoms with Crippen LogP contribution >= 0.6 is 0 Å². The molecule has 0 fully saturated rings. The highest BCUT2D eigenvalue weighted by molar-refractivity contribution is 5.20. The van der Waals surface area contributed by atoms with Gasteiger partial charge in [-0.05, 0) is 18.2 Å². The first-order valence-electron chi connectivity index (χ1n) is 2.70. The van der Waals surface area contributed by atoms with Crippen LogP contribution in [0, 0.1) is 12.1 Å². The maximum Gasteiger partial charge on any atom is 0.424 e. The fourth-order valence-electron chi connectivity index (χ4n) is 0.542. The fraction of sp³-hybridized carbons (Fsp3) is 0.143. The first kappa shape index (κ1) is 7.73. The summed E-state index contributed by atoms with van der Waals surface area (Å²) >= 11 is 0. The largest absolute Gasteiger partial charge is 0.501 e. The molecule has 1 rings (SSSR count). The van der Waals surface area contributed by atoms with Gasteiger partial charge in [0.15, 0.2) is 5.75 Å². The number of alkyl halides is 3. The summed E-state index contributed by atoms with van der Waals surface area (Å²) in [7, 11) is 0. The van der Waals surface area contributed by atoms with Crippen molar-refractivity contribution in [3.05, 3.63) is 29.8 Å². The zero-order chi connectivity index (χ0) is 8.48. The number of hydrogen-bond donors (Lipinski definition) is 1. The van der Waals surface area contributed by atoms with Crippen LogP contribution in [0.15, 0.2) is 12.1 Å². The van der Waals surface area contributed by atoms with Gasteiger partial charge in [-0.1, -0.05) is 6.07 Å². The summed E-state index contributed by atoms with van der Waals surface area (Å²) in [5.74, 6) is -0.349. The first-order valence-corrected chi connectivity index (χ1v) is 2.70. The third kappa shape index (κ3) is 1.77. The summed E-state index contributed by atoms with van der Waals surface area (Å²) in [6.45, 7) is 0. The van der Waals surface area contributed by atoms with E-state index in [0.717, 1.165) is 12.1 Å². The molecule has 0 aliphatic carbocycles. The molecule has 0 aromatic heterocycles. The van der Waals surface area contributed by atoms with Crippen molar-refractivity contribution in [3.8, 4) is 5.75 Å². The molecule has 1 aromatic rings. The van der Waals surface area contributed by atoms with E-state index >= 15 is 0 Å². The highest BCUT2D eigenvalue weighted by Gasteiger charge is 2.30. The predicted molar refractivity (Wildman–Crippen MR) is 30.8 cm³/mol. The van der Waals surface area contributed by atoms with E-state index in [1.54, 1.807) is 6.07 Å². The molecule has 0 spiro atoms. The molecule has 0 amide bonds. The molecule has 0 bridgehead atoms. The zero-order valence-electron chi connectivity index (χ0n) is 5.24. The Bertz CT molecular complexity index is 237. The van der Waals surface area contributed by atoms with Gasteiger partial charge in [0.05, 0.1) is 0 Å². The summed E-state index contributed by atoms with van der Waals surface area (Å²) in [5.41, 5.74) is -0.935. The Labute approximate surface area is 61.1 Å². The SMILES string of the molecule is Oc1c#cc(C(F)(F)F)cc1. The second kappa shape index (κ2) is 2.35. The first-order chi connectivity index (χ1) is 5.00. The van der Waals surface area contributed by atoms with E-state index in [4.69, 9.17) is 5.11 Å². The van der Waals surface area contributed by atoms with Crippen molar-refractivity contribution in [2.45, 2.75) is 6.18 Å². The summed E-state index contributed by atoms with van der Waals surface area (Å²) in [4.78, 5) is 0. The van der Waals surface area contributed by atoms with Gasteiger partial charge in [0, 0.05) is 0 Å². The molecule has 0 unspecified atom stereocenters. The topological polar surface area (TPSA) is 20.2 Å². The van der Waals surface area contributed by atoms with Gasteiger partial charge in [0.25, 0.3) is 0 Å². The van der Waals surface area contributed by atoms with Crippen LogP contribution in [0.5, 0.6) is 5.75 Å². The summed E-state index contributed by atoms with van der Waals surface area (Å²) in [5, 5.41) is 8.57. The van der Waals surface area contributed by atoms with Gasteiger partial charge in [-0.15, -0.1) is 0 Å². The van der Waals surface area contributed by atoms with Crippen LogP contribution in [0.4, 0.5) is 13.2 Å². The summed E-state index contributed by atoms with van der Waals surface area (Å²) < 4.78 is 35.4. The zero-order valence-corrected chi connectivity index (χ0v) is 5.24. The Hall–Kier alpha value is -1.37. The lowest BCUT2D eigenvalue weighted by molar-refractivity contribution is -0.137. The molecule has 0 aliphatic heterocycles. The van der Waals surface area contributed by atoms with Gasteiger partial charge in [-0.3, -0.25) is 0 Å². The molecule has 0 saturated heterocycles. The van der Waals surface area contributed by atoms with E-state index in [0.29, 0.717) is 0 Å². The molecular weight excluding hydrogens is 157 g/mol. The monoisotopic (exact) mass is 160 g/mol. The van der Waals surface area contributed by atoms with Gasteiger partial charge < -0.3 is 5.11 Å². The van der Waals surface area contributed by atoms with Crippen LogP contribution in [0.3, 0.4) is 0 Å². The molecule has 1 aromatic carbocycles. The molecule has 1 N–H and O–H groups in total. The predicted octanol–water partition coefficient (Wildman–Crippen LogP) is 2.01. The second-order valence-corrected chi connectivity index (χ2v) is 1.88. The smallest absolute Gasteiger partial charge is 0.424 e. The Morgan fingerprint density at radius 1 is 1.18 bits per heavy atom. The highest BCUT2D eigenvalue weighted by Crippen LogP contribution is 2.27. The number of hydrogen-bond acceptors (Lipinski definition) is 1. The minimum Gasteiger partial charge on any atom is -0.501 e. The lowest BCUT2D eigenvalue weighted by Gasteiger charge is -2.01. The maximum absolute atomic E-state index is 11.8. The maximum atomic E-state index is 11.8. The quantitative estimate of drug-likeness (QED) is 0.615. The Morgan fingerprint density at radius 3 is 2.18 bits per heavy atom. The second-order valence-electron chi connectivity index (χ2n) is 1.88. The summed E-state index contributed by atoms with van der Waals surface area (Å²) in [6, 6.07) is 5.35. The van der Waals surface area contributed by atoms with Crippen LogP contribution in [0.2, 0.25) is 0 Å². The van der Waals surface area contributed by atoms with Crippen molar-refractivity contribution in [2.24, 2.45) is 0 Å². The van der Waals surface area contributed by atoms with Gasteiger partial charge in [0.2, 0.25) is 0 Å². The van der Waals surface area contributed by atoms with E-state index in [1.807, 2.05) is 6.07 Å². The third-order valence-corrected chi connectivity index (χ3v) is 1.04. The Balaban J connectivity index is 2.99. The number of aromatic hydroxyl groups is 1. The highest BCUT2D eigenvalue weighted by atomic mass is 19.4. The Morgan fingerprint density at radius 2 is 1.82 bits per heavy atom. The molecule has 58 valence electrons. The molecule has 0 saturated carbocycles. The number of rotatable bonds is 0. The third-order valence-electron chi connectivity index (χ3n) is 1.04. The molecule has 4 heteroatoms. The normalized spacial score (nSPS) is 10.8. The van der Waals surface area contributed by atoms with Crippen molar-refractivity contribution in [3.63, 3.8) is 0 Å². The van der Waals surface area contributed by atoms with Crippen LogP contribution in [-0.2, 0) is 6.18 Å². The van der Waals surface area contributed by atoms with Crippen molar-refractivity contribution in [2.75, 3.05) is 0 Å². The van der Waals surface area contributed by atoms with Crippen molar-refractivity contribution < 1.29 is 18.3 Å². The molecule has 0 atom stereocenters. The van der Waals surface area contributed by atoms with E-state index in [9.17, 15) is 13.2 Å². The van der Waals surface area contributed by atoms with E-state index in [-0.39, 0.29) is 5.75 Å². The van der Waals surface area contributed by atoms with Crippen LogP contribution in [0.1, 0.15) is 5.56 Å². The standard InChI is InChI=1S/C7H3F3O/c8-7(9,10)5-1-3-6(11)4-2-5/h1,3,11H. The van der Waals surface area contributed by atoms with Gasteiger partial charge in [-0.25, -0.2) is 0 Å². The molecular formula is C7H3F3O. The average Bonchev–Trinajstić information content (AvgIpc) is 1.86. The molecule has 0 aliphatic rings. The average molecular weight is 160 g/mol. The van der Waals surface area contributed by atoms with Crippen LogP contribution in [-0.4, -0.2) is 5.11 Å². The van der Waals surface area contributed by atoms with Gasteiger partial charge >= 0.3 is 6.18 Å². The van der Waals surface area contributed by atoms with Gasteiger partial charge in [-0.2, -0.15) is 13.2 Å². The van der Waals surface area contributed by atoms with Crippen LogP contribution < -0.4 is 0 Å². The number of halogens is 3. The lowest BCUT2D eigenvalue weighted by atomic mass is 10.2. The summed E-state index contributed by atoms with van der Waals surface area (Å²) in [6.07, 6.45) is -4.41. The molecule has 0 radical (unpaired) electrons. The van der Waals surface area contributed by atoms with E-state index in [1.165, 1.54) is 0 Å². The Kier molecular flexibility index (Phi) is 1.65. The van der Waals surface area contributed by atoms with Crippen molar-refractivity contribution in [1.29, 1.82) is 0 Å². The lowest BCUT2D eigenvalue weighted by Crippen LogP contribution is -2.02. The minimum atomic E-state index is -4.41. The minimum absolute atomic E-state index is 0.349. The fourth-order valence-corrected chi connectivity index (χ4v) is 0.542. The molecule has 0 heterocycles. The van der Waals surface area contributed by atoms with Crippen LogP contribution in [0.25, 0.3) is 0 Å². The van der Waals surface area contributed by atoms with Crippen molar-refractivity contribution in [1.82, 2.24) is 0 Å².